The normalized spacial score (nSPS) is 0. The van der Waals surface area contributed by atoms with E-state index in [1.54, 1.807) is 0 Å². The average Bonchev–Trinajstić information content (AvgIpc) is 0. The van der Waals surface area contributed by atoms with Crippen LogP contribution in [0, 0.1) is 0 Å². The summed E-state index contributed by atoms with van der Waals surface area (Å²) in [6, 6.07) is 0. The molecule has 4 nitrogen and oxygen atoms in total. The molecule has 7 heteroatoms. The van der Waals surface area contributed by atoms with Gasteiger partial charge in [-0.25, -0.2) is 0 Å². The Bertz CT molecular complexity index is 18.5. The van der Waals surface area contributed by atoms with Crippen LogP contribution < -0.4 is 0 Å². The van der Waals surface area contributed by atoms with Crippen molar-refractivity contribution in [1.82, 2.24) is 0 Å². The predicted molar refractivity (Wildman–Crippen MR) is 22.4 cm³/mol. The van der Waals surface area contributed by atoms with Crippen LogP contribution in [0.2, 0.25) is 0 Å². The van der Waals surface area contributed by atoms with E-state index < -0.39 is 0 Å². The molecular formula is H10O4SrTiY. The summed E-state index contributed by atoms with van der Waals surface area (Å²) in [5.41, 5.74) is 0. The molecule has 7 heavy (non-hydrogen) atoms. The second-order valence-corrected chi connectivity index (χ2v) is 0. The standard InChI is InChI=1S/4H2O.Sr.Ti.Y.2H/h4*1H2;;;;;/q;;;;+2;;;2*-1. The zero-order valence-corrected chi connectivity index (χ0v) is 11.7. The van der Waals surface area contributed by atoms with Crippen molar-refractivity contribution in [3.8, 4) is 0 Å². The first kappa shape index (κ1) is 86.0. The predicted octanol–water partition coefficient (Wildman–Crippen LogP) is -3.46. The third-order valence-electron chi connectivity index (χ3n) is 0. The van der Waals surface area contributed by atoms with E-state index >= 15 is 0 Å². The smallest absolute Gasteiger partial charge is 1.00 e. The van der Waals surface area contributed by atoms with Gasteiger partial charge in [-0.1, -0.05) is 0 Å². The van der Waals surface area contributed by atoms with Gasteiger partial charge in [0.05, 0.1) is 0 Å². The van der Waals surface area contributed by atoms with Gasteiger partial charge < -0.3 is 24.8 Å². The summed E-state index contributed by atoms with van der Waals surface area (Å²) in [7, 11) is 0. The van der Waals surface area contributed by atoms with Gasteiger partial charge in [-0.05, 0) is 0 Å². The van der Waals surface area contributed by atoms with Gasteiger partial charge in [0.15, 0.2) is 0 Å². The van der Waals surface area contributed by atoms with Crippen molar-refractivity contribution in [2.45, 2.75) is 0 Å². The van der Waals surface area contributed by atoms with Crippen LogP contribution >= 0.6 is 0 Å². The summed E-state index contributed by atoms with van der Waals surface area (Å²) in [5, 5.41) is 0. The van der Waals surface area contributed by atoms with Crippen LogP contribution in [0.4, 0.5) is 0 Å². The SMILES string of the molecule is O.O.O.O.[H-].[H-].[Sr+2].[Ti].[Y]. The summed E-state index contributed by atoms with van der Waals surface area (Å²) in [6.07, 6.45) is 0. The number of hydrogen-bond donors (Lipinski definition) is 0. The third kappa shape index (κ3) is 47.3. The number of hydrogen-bond acceptors (Lipinski definition) is 0. The maximum Gasteiger partial charge on any atom is 2.00 e. The van der Waals surface area contributed by atoms with E-state index in [0.717, 1.165) is 0 Å². The molecule has 0 aliphatic carbocycles. The minimum Gasteiger partial charge on any atom is -1.00 e. The van der Waals surface area contributed by atoms with Crippen LogP contribution in [0.3, 0.4) is 0 Å². The molecule has 0 spiro atoms. The van der Waals surface area contributed by atoms with Crippen LogP contribution in [0.1, 0.15) is 2.85 Å². The first-order valence-corrected chi connectivity index (χ1v) is 0. The summed E-state index contributed by atoms with van der Waals surface area (Å²) >= 11 is 0. The van der Waals surface area contributed by atoms with Crippen molar-refractivity contribution < 1.29 is 79.2 Å². The van der Waals surface area contributed by atoms with E-state index in [9.17, 15) is 0 Å². The van der Waals surface area contributed by atoms with Gasteiger partial charge in [-0.15, -0.1) is 0 Å². The molecule has 0 aliphatic heterocycles. The monoisotopic (exact) mass is 299 g/mol. The fraction of sp³-hybridized carbons (Fsp3) is 0. The third-order valence-corrected chi connectivity index (χ3v) is 0. The summed E-state index contributed by atoms with van der Waals surface area (Å²) < 4.78 is 0. The Morgan fingerprint density at radius 1 is 0.714 bits per heavy atom. The van der Waals surface area contributed by atoms with Gasteiger partial charge in [0.2, 0.25) is 0 Å². The molecule has 0 saturated heterocycles. The molecule has 8 N–H and O–H groups in total. The maximum absolute atomic E-state index is 0. The molecule has 0 heterocycles. The zero-order chi connectivity index (χ0) is 0. The van der Waals surface area contributed by atoms with E-state index in [1.807, 2.05) is 0 Å². The van der Waals surface area contributed by atoms with E-state index in [4.69, 9.17) is 0 Å². The molecule has 0 aliphatic rings. The van der Waals surface area contributed by atoms with Crippen LogP contribution in [-0.2, 0) is 54.4 Å². The molecule has 0 aromatic heterocycles. The molecule has 1 radical (unpaired) electrons. The molecular weight excluding hydrogens is 288 g/mol. The Labute approximate surface area is 122 Å². The molecule has 0 saturated carbocycles. The van der Waals surface area contributed by atoms with Gasteiger partial charge in [0.25, 0.3) is 0 Å². The largest absolute Gasteiger partial charge is 2.00 e. The van der Waals surface area contributed by atoms with Crippen molar-refractivity contribution in [1.29, 1.82) is 0 Å². The van der Waals surface area contributed by atoms with E-state index in [1.165, 1.54) is 0 Å². The first-order chi connectivity index (χ1) is 0. The molecule has 0 aromatic carbocycles. The van der Waals surface area contributed by atoms with Crippen molar-refractivity contribution in [3.63, 3.8) is 0 Å². The van der Waals surface area contributed by atoms with Gasteiger partial charge in [-0.2, -0.15) is 0 Å². The molecule has 0 amide bonds. The molecule has 0 bridgehead atoms. The Morgan fingerprint density at radius 2 is 0.714 bits per heavy atom. The maximum atomic E-state index is 0. The van der Waals surface area contributed by atoms with Crippen LogP contribution in [0.5, 0.6) is 0 Å². The first-order valence-electron chi connectivity index (χ1n) is 0. The van der Waals surface area contributed by atoms with Crippen molar-refractivity contribution in [2.75, 3.05) is 0 Å². The average molecular weight is 298 g/mol. The second kappa shape index (κ2) is 61.4. The minimum absolute atomic E-state index is 0. The van der Waals surface area contributed by atoms with E-state index in [2.05, 4.69) is 0 Å². The molecule has 0 atom stereocenters. The Balaban J connectivity index is 0. The molecule has 0 aromatic rings. The fourth-order valence-corrected chi connectivity index (χ4v) is 0. The van der Waals surface area contributed by atoms with Crippen molar-refractivity contribution in [2.24, 2.45) is 0 Å². The van der Waals surface area contributed by atoms with Crippen LogP contribution in [-0.4, -0.2) is 67.4 Å². The van der Waals surface area contributed by atoms with Gasteiger partial charge >= 0.3 is 45.5 Å². The molecule has 0 fully saturated rings. The second-order valence-electron chi connectivity index (χ2n) is 0. The van der Waals surface area contributed by atoms with Gasteiger partial charge in [0.1, 0.15) is 0 Å². The van der Waals surface area contributed by atoms with Gasteiger partial charge in [0, 0.05) is 54.4 Å². The summed E-state index contributed by atoms with van der Waals surface area (Å²) in [4.78, 5) is 0. The topological polar surface area (TPSA) is 126 Å². The Hall–Kier alpha value is 3.14. The van der Waals surface area contributed by atoms with E-state index in [0.29, 0.717) is 0 Å². The van der Waals surface area contributed by atoms with E-state index in [-0.39, 0.29) is 125 Å². The Kier molecular flexibility index (Phi) is 754. The quantitative estimate of drug-likeness (QED) is 0.412. The molecule has 0 unspecified atom stereocenters. The molecule has 43 valence electrons. The van der Waals surface area contributed by atoms with Crippen molar-refractivity contribution in [3.05, 3.63) is 0 Å². The van der Waals surface area contributed by atoms with Crippen LogP contribution in [0.15, 0.2) is 0 Å². The Morgan fingerprint density at radius 3 is 0.714 bits per heavy atom. The molecule has 0 rings (SSSR count). The summed E-state index contributed by atoms with van der Waals surface area (Å²) in [5.74, 6) is 0. The fourth-order valence-electron chi connectivity index (χ4n) is 0. The number of rotatable bonds is 0. The summed E-state index contributed by atoms with van der Waals surface area (Å²) in [6.45, 7) is 0. The minimum atomic E-state index is 0. The zero-order valence-electron chi connectivity index (χ0n) is 5.78. The van der Waals surface area contributed by atoms with Gasteiger partial charge in [-0.3, -0.25) is 0 Å². The van der Waals surface area contributed by atoms with Crippen molar-refractivity contribution >= 4 is 45.5 Å². The van der Waals surface area contributed by atoms with Crippen LogP contribution in [0.25, 0.3) is 0 Å².